The zero-order valence-corrected chi connectivity index (χ0v) is 11.3. The van der Waals surface area contributed by atoms with Gasteiger partial charge >= 0.3 is 0 Å². The molecule has 1 aliphatic carbocycles. The van der Waals surface area contributed by atoms with Crippen LogP contribution in [0.4, 0.5) is 0 Å². The molecule has 0 atom stereocenters. The van der Waals surface area contributed by atoms with Gasteiger partial charge in [0.25, 0.3) is 0 Å². The Hall–Kier alpha value is -0.730. The van der Waals surface area contributed by atoms with Crippen LogP contribution in [-0.2, 0) is 4.74 Å². The van der Waals surface area contributed by atoms with Crippen LogP contribution in [0.15, 0.2) is 57.0 Å². The highest BCUT2D eigenvalue weighted by Crippen LogP contribution is 2.36. The van der Waals surface area contributed by atoms with Gasteiger partial charge in [-0.15, -0.1) is 0 Å². The number of hydrogen-bond acceptors (Lipinski definition) is 1. The third kappa shape index (κ3) is 2.50. The normalized spacial score (nSPS) is 23.1. The summed E-state index contributed by atoms with van der Waals surface area (Å²) in [5, 5.41) is 0.774. The van der Waals surface area contributed by atoms with E-state index in [1.165, 1.54) is 5.57 Å². The van der Waals surface area contributed by atoms with Crippen LogP contribution in [0, 0.1) is 0 Å². The molecule has 0 radical (unpaired) electrons. The molecule has 0 aromatic rings. The SMILES string of the molecule is C/C=C\C(Br)=C1/CC2=C(CC=C(Cl)C=C2)O1. The van der Waals surface area contributed by atoms with E-state index in [9.17, 15) is 0 Å². The van der Waals surface area contributed by atoms with Crippen molar-refractivity contribution < 1.29 is 4.74 Å². The second kappa shape index (κ2) is 5.07. The number of rotatable bonds is 1. The molecular weight excluding hydrogens is 287 g/mol. The highest BCUT2D eigenvalue weighted by molar-refractivity contribution is 9.11. The van der Waals surface area contributed by atoms with Crippen LogP contribution in [0.3, 0.4) is 0 Å². The lowest BCUT2D eigenvalue weighted by Gasteiger charge is -2.03. The molecule has 0 fully saturated rings. The Labute approximate surface area is 109 Å². The molecule has 3 heteroatoms. The predicted molar refractivity (Wildman–Crippen MR) is 71.2 cm³/mol. The van der Waals surface area contributed by atoms with Gasteiger partial charge < -0.3 is 4.74 Å². The average molecular weight is 300 g/mol. The lowest BCUT2D eigenvalue weighted by atomic mass is 10.1. The van der Waals surface area contributed by atoms with Gasteiger partial charge in [0.1, 0.15) is 11.5 Å². The number of allylic oxidation sites excluding steroid dienone is 8. The summed E-state index contributed by atoms with van der Waals surface area (Å²) in [5.41, 5.74) is 1.21. The molecule has 0 bridgehead atoms. The van der Waals surface area contributed by atoms with Crippen LogP contribution < -0.4 is 0 Å². The van der Waals surface area contributed by atoms with Crippen molar-refractivity contribution in [3.8, 4) is 0 Å². The van der Waals surface area contributed by atoms with Gasteiger partial charge in [-0.1, -0.05) is 29.8 Å². The van der Waals surface area contributed by atoms with Crippen molar-refractivity contribution in [3.63, 3.8) is 0 Å². The molecular formula is C13H12BrClO. The molecule has 1 nitrogen and oxygen atoms in total. The minimum atomic E-state index is 0.765. The highest BCUT2D eigenvalue weighted by Gasteiger charge is 2.21. The van der Waals surface area contributed by atoms with Crippen molar-refractivity contribution in [2.75, 3.05) is 0 Å². The standard InChI is InChI=1S/C13H12BrClO/c1-2-3-11(14)13-8-9-4-5-10(15)6-7-12(9)16-13/h2-6H,7-8H2,1H3/b3-2-,13-11-. The van der Waals surface area contributed by atoms with E-state index in [4.69, 9.17) is 16.3 Å². The van der Waals surface area contributed by atoms with Gasteiger partial charge in [0, 0.05) is 17.9 Å². The summed E-state index contributed by atoms with van der Waals surface area (Å²) >= 11 is 9.45. The maximum Gasteiger partial charge on any atom is 0.122 e. The molecule has 1 heterocycles. The van der Waals surface area contributed by atoms with Crippen molar-refractivity contribution in [1.82, 2.24) is 0 Å². The number of ether oxygens (including phenoxy) is 1. The van der Waals surface area contributed by atoms with E-state index in [2.05, 4.69) is 15.9 Å². The Morgan fingerprint density at radius 1 is 1.50 bits per heavy atom. The molecule has 0 aromatic heterocycles. The Kier molecular flexibility index (Phi) is 3.72. The minimum absolute atomic E-state index is 0.765. The first-order valence-corrected chi connectivity index (χ1v) is 6.32. The molecule has 0 unspecified atom stereocenters. The van der Waals surface area contributed by atoms with Gasteiger partial charge in [-0.3, -0.25) is 0 Å². The third-order valence-electron chi connectivity index (χ3n) is 2.46. The van der Waals surface area contributed by atoms with Gasteiger partial charge in [0.05, 0.1) is 4.48 Å². The Morgan fingerprint density at radius 2 is 2.31 bits per heavy atom. The first-order chi connectivity index (χ1) is 7.70. The summed E-state index contributed by atoms with van der Waals surface area (Å²) in [6.07, 6.45) is 11.5. The lowest BCUT2D eigenvalue weighted by molar-refractivity contribution is 0.316. The Balaban J connectivity index is 2.20. The molecule has 0 N–H and O–H groups in total. The quantitative estimate of drug-likeness (QED) is 0.667. The van der Waals surface area contributed by atoms with E-state index in [0.717, 1.165) is 33.9 Å². The lowest BCUT2D eigenvalue weighted by Crippen LogP contribution is -1.85. The summed E-state index contributed by atoms with van der Waals surface area (Å²) in [5.74, 6) is 1.97. The molecule has 0 aromatic carbocycles. The second-order valence-corrected chi connectivity index (χ2v) is 4.92. The molecule has 2 rings (SSSR count). The van der Waals surface area contributed by atoms with E-state index in [1.54, 1.807) is 0 Å². The second-order valence-electron chi connectivity index (χ2n) is 3.62. The van der Waals surface area contributed by atoms with Crippen molar-refractivity contribution in [2.45, 2.75) is 19.8 Å². The van der Waals surface area contributed by atoms with Gasteiger partial charge in [-0.2, -0.15) is 0 Å². The summed E-state index contributed by atoms with van der Waals surface area (Å²) in [6.45, 7) is 1.98. The van der Waals surface area contributed by atoms with Crippen LogP contribution >= 0.6 is 27.5 Å². The van der Waals surface area contributed by atoms with E-state index in [0.29, 0.717) is 0 Å². The molecule has 0 spiro atoms. The van der Waals surface area contributed by atoms with Crippen LogP contribution in [0.5, 0.6) is 0 Å². The maximum absolute atomic E-state index is 5.94. The van der Waals surface area contributed by atoms with Gasteiger partial charge in [0.15, 0.2) is 0 Å². The zero-order chi connectivity index (χ0) is 11.5. The average Bonchev–Trinajstić information content (AvgIpc) is 2.60. The molecule has 2 aliphatic rings. The van der Waals surface area contributed by atoms with Crippen LogP contribution in [0.25, 0.3) is 0 Å². The fourth-order valence-corrected chi connectivity index (χ4v) is 2.28. The Bertz CT molecular complexity index is 453. The molecule has 0 saturated carbocycles. The largest absolute Gasteiger partial charge is 0.464 e. The third-order valence-corrected chi connectivity index (χ3v) is 3.45. The van der Waals surface area contributed by atoms with E-state index >= 15 is 0 Å². The van der Waals surface area contributed by atoms with Gasteiger partial charge in [-0.05, 0) is 40.6 Å². The molecule has 0 amide bonds. The minimum Gasteiger partial charge on any atom is -0.464 e. The number of halogens is 2. The first kappa shape index (κ1) is 11.7. The van der Waals surface area contributed by atoms with Gasteiger partial charge in [0.2, 0.25) is 0 Å². The van der Waals surface area contributed by atoms with Crippen LogP contribution in [-0.4, -0.2) is 0 Å². The maximum atomic E-state index is 5.94. The van der Waals surface area contributed by atoms with Crippen molar-refractivity contribution in [3.05, 3.63) is 57.0 Å². The summed E-state index contributed by atoms with van der Waals surface area (Å²) < 4.78 is 6.82. The van der Waals surface area contributed by atoms with E-state index < -0.39 is 0 Å². The fourth-order valence-electron chi connectivity index (χ4n) is 1.66. The monoisotopic (exact) mass is 298 g/mol. The van der Waals surface area contributed by atoms with E-state index in [-0.39, 0.29) is 0 Å². The van der Waals surface area contributed by atoms with Crippen LogP contribution in [0.1, 0.15) is 19.8 Å². The van der Waals surface area contributed by atoms with Crippen molar-refractivity contribution in [1.29, 1.82) is 0 Å². The fraction of sp³-hybridized carbons (Fsp3) is 0.231. The molecule has 0 saturated heterocycles. The van der Waals surface area contributed by atoms with Crippen molar-refractivity contribution in [2.24, 2.45) is 0 Å². The summed E-state index contributed by atoms with van der Waals surface area (Å²) in [4.78, 5) is 0. The zero-order valence-electron chi connectivity index (χ0n) is 8.97. The summed E-state index contributed by atoms with van der Waals surface area (Å²) in [6, 6.07) is 0. The van der Waals surface area contributed by atoms with Crippen LogP contribution in [0.2, 0.25) is 0 Å². The predicted octanol–water partition coefficient (Wildman–Crippen LogP) is 4.93. The Morgan fingerprint density at radius 3 is 3.06 bits per heavy atom. The number of hydrogen-bond donors (Lipinski definition) is 0. The molecule has 84 valence electrons. The highest BCUT2D eigenvalue weighted by atomic mass is 79.9. The van der Waals surface area contributed by atoms with Crippen molar-refractivity contribution >= 4 is 27.5 Å². The topological polar surface area (TPSA) is 9.23 Å². The van der Waals surface area contributed by atoms with E-state index in [1.807, 2.05) is 37.3 Å². The molecule has 16 heavy (non-hydrogen) atoms. The summed E-state index contributed by atoms with van der Waals surface area (Å²) in [7, 11) is 0. The first-order valence-electron chi connectivity index (χ1n) is 5.15. The molecule has 1 aliphatic heterocycles. The van der Waals surface area contributed by atoms with Gasteiger partial charge in [-0.25, -0.2) is 0 Å². The smallest absolute Gasteiger partial charge is 0.122 e.